The van der Waals surface area contributed by atoms with Crippen molar-refractivity contribution < 1.29 is 4.74 Å². The van der Waals surface area contributed by atoms with Gasteiger partial charge in [0.15, 0.2) is 0 Å². The zero-order valence-corrected chi connectivity index (χ0v) is 11.0. The molecule has 1 aromatic rings. The molecule has 94 valence electrons. The first-order valence-corrected chi connectivity index (χ1v) is 6.34. The fourth-order valence-corrected chi connectivity index (χ4v) is 2.33. The summed E-state index contributed by atoms with van der Waals surface area (Å²) in [7, 11) is 1.78. The molecule has 2 rings (SSSR count). The molecule has 0 aliphatic carbocycles. The number of ether oxygens (including phenoxy) is 1. The highest BCUT2D eigenvalue weighted by Crippen LogP contribution is 2.24. The second-order valence-electron chi connectivity index (χ2n) is 4.47. The van der Waals surface area contributed by atoms with Crippen LogP contribution in [0.25, 0.3) is 0 Å². The lowest BCUT2D eigenvalue weighted by molar-refractivity contribution is 0.0563. The van der Waals surface area contributed by atoms with E-state index in [-0.39, 0.29) is 0 Å². The monoisotopic (exact) mass is 255 g/mol. The second-order valence-corrected chi connectivity index (χ2v) is 4.90. The van der Waals surface area contributed by atoms with Crippen LogP contribution in [-0.2, 0) is 4.74 Å². The van der Waals surface area contributed by atoms with Crippen LogP contribution in [0.3, 0.4) is 0 Å². The molecule has 0 radical (unpaired) electrons. The number of hydrogen-bond acceptors (Lipinski definition) is 4. The van der Waals surface area contributed by atoms with Gasteiger partial charge in [-0.1, -0.05) is 11.6 Å². The smallest absolute Gasteiger partial charge is 0.225 e. The molecule has 0 aromatic carbocycles. The van der Waals surface area contributed by atoms with Gasteiger partial charge in [0.05, 0.1) is 23.5 Å². The summed E-state index contributed by atoms with van der Waals surface area (Å²) in [5, 5.41) is 0.580. The van der Waals surface area contributed by atoms with Crippen LogP contribution in [0, 0.1) is 5.92 Å². The van der Waals surface area contributed by atoms with Crippen LogP contribution < -0.4 is 4.90 Å². The maximum atomic E-state index is 5.77. The number of aromatic nitrogens is 2. The van der Waals surface area contributed by atoms with Crippen LogP contribution >= 0.6 is 11.6 Å². The maximum absolute atomic E-state index is 5.77. The van der Waals surface area contributed by atoms with E-state index in [2.05, 4.69) is 21.8 Å². The Bertz CT molecular complexity index is 349. The molecule has 1 aliphatic rings. The summed E-state index contributed by atoms with van der Waals surface area (Å²) in [5.41, 5.74) is 0. The van der Waals surface area contributed by atoms with E-state index >= 15 is 0 Å². The van der Waals surface area contributed by atoms with Gasteiger partial charge < -0.3 is 9.64 Å². The number of rotatable bonds is 3. The average Bonchev–Trinajstić information content (AvgIpc) is 2.39. The van der Waals surface area contributed by atoms with Crippen molar-refractivity contribution in [3.05, 3.63) is 17.4 Å². The molecular weight excluding hydrogens is 238 g/mol. The zero-order valence-electron chi connectivity index (χ0n) is 10.3. The van der Waals surface area contributed by atoms with Crippen molar-refractivity contribution in [3.63, 3.8) is 0 Å². The van der Waals surface area contributed by atoms with Crippen molar-refractivity contribution in [1.29, 1.82) is 0 Å². The van der Waals surface area contributed by atoms with Gasteiger partial charge in [0.1, 0.15) is 0 Å². The van der Waals surface area contributed by atoms with Gasteiger partial charge in [0.25, 0.3) is 0 Å². The molecule has 0 spiro atoms. The fraction of sp³-hybridized carbons (Fsp3) is 0.667. The van der Waals surface area contributed by atoms with Gasteiger partial charge in [0.2, 0.25) is 5.95 Å². The quantitative estimate of drug-likeness (QED) is 0.831. The van der Waals surface area contributed by atoms with Crippen molar-refractivity contribution in [2.24, 2.45) is 5.92 Å². The van der Waals surface area contributed by atoms with Crippen LogP contribution in [0.1, 0.15) is 19.8 Å². The highest BCUT2D eigenvalue weighted by molar-refractivity contribution is 6.30. The van der Waals surface area contributed by atoms with Gasteiger partial charge in [0, 0.05) is 20.2 Å². The Balaban J connectivity index is 1.93. The minimum atomic E-state index is 0.336. The van der Waals surface area contributed by atoms with Crippen LogP contribution in [0.5, 0.6) is 0 Å². The molecule has 0 unspecified atom stereocenters. The topological polar surface area (TPSA) is 38.2 Å². The lowest BCUT2D eigenvalue weighted by Crippen LogP contribution is -2.38. The number of piperidine rings is 1. The highest BCUT2D eigenvalue weighted by Gasteiger charge is 2.24. The summed E-state index contributed by atoms with van der Waals surface area (Å²) in [6, 6.07) is 0. The van der Waals surface area contributed by atoms with Crippen molar-refractivity contribution in [1.82, 2.24) is 9.97 Å². The molecule has 5 heteroatoms. The third kappa shape index (κ3) is 3.07. The molecule has 4 nitrogen and oxygen atoms in total. The van der Waals surface area contributed by atoms with Gasteiger partial charge in [-0.15, -0.1) is 0 Å². The minimum Gasteiger partial charge on any atom is -0.381 e. The third-order valence-corrected chi connectivity index (χ3v) is 3.66. The van der Waals surface area contributed by atoms with Crippen LogP contribution in [-0.4, -0.2) is 36.3 Å². The zero-order chi connectivity index (χ0) is 12.3. The van der Waals surface area contributed by atoms with E-state index in [9.17, 15) is 0 Å². The van der Waals surface area contributed by atoms with Crippen LogP contribution in [0.2, 0.25) is 5.02 Å². The van der Waals surface area contributed by atoms with E-state index in [4.69, 9.17) is 16.3 Å². The summed E-state index contributed by atoms with van der Waals surface area (Å²) < 4.78 is 5.38. The van der Waals surface area contributed by atoms with Crippen LogP contribution in [0.15, 0.2) is 12.4 Å². The molecule has 1 atom stereocenters. The molecule has 0 saturated carbocycles. The first-order valence-electron chi connectivity index (χ1n) is 5.96. The number of nitrogens with zero attached hydrogens (tertiary/aromatic N) is 3. The Hall–Kier alpha value is -0.870. The van der Waals surface area contributed by atoms with E-state index in [0.29, 0.717) is 17.0 Å². The molecule has 1 fully saturated rings. The second kappa shape index (κ2) is 5.65. The Morgan fingerprint density at radius 3 is 2.47 bits per heavy atom. The number of anilines is 1. The molecule has 0 N–H and O–H groups in total. The molecule has 0 bridgehead atoms. The molecule has 1 aliphatic heterocycles. The molecule has 2 heterocycles. The van der Waals surface area contributed by atoms with Crippen LogP contribution in [0.4, 0.5) is 5.95 Å². The highest BCUT2D eigenvalue weighted by atomic mass is 35.5. The molecule has 0 amide bonds. The first kappa shape index (κ1) is 12.6. The number of methoxy groups -OCH3 is 1. The van der Waals surface area contributed by atoms with E-state index in [1.807, 2.05) is 0 Å². The van der Waals surface area contributed by atoms with E-state index in [0.717, 1.165) is 31.9 Å². The Morgan fingerprint density at radius 1 is 1.35 bits per heavy atom. The van der Waals surface area contributed by atoms with E-state index < -0.39 is 0 Å². The number of halogens is 1. The van der Waals surface area contributed by atoms with Crippen molar-refractivity contribution >= 4 is 17.5 Å². The molecular formula is C12H18ClN3O. The minimum absolute atomic E-state index is 0.336. The van der Waals surface area contributed by atoms with Gasteiger partial charge >= 0.3 is 0 Å². The Labute approximate surface area is 107 Å². The predicted octanol–water partition coefficient (Wildman–Crippen LogP) is 2.38. The number of hydrogen-bond donors (Lipinski definition) is 0. The van der Waals surface area contributed by atoms with Crippen molar-refractivity contribution in [2.75, 3.05) is 25.1 Å². The van der Waals surface area contributed by atoms with E-state index in [1.54, 1.807) is 19.5 Å². The molecule has 1 saturated heterocycles. The summed E-state index contributed by atoms with van der Waals surface area (Å²) in [6.07, 6.45) is 5.88. The lowest BCUT2D eigenvalue weighted by Gasteiger charge is -2.34. The van der Waals surface area contributed by atoms with Gasteiger partial charge in [-0.3, -0.25) is 0 Å². The van der Waals surface area contributed by atoms with Crippen molar-refractivity contribution in [2.45, 2.75) is 25.9 Å². The average molecular weight is 256 g/mol. The van der Waals surface area contributed by atoms with Gasteiger partial charge in [-0.05, 0) is 25.7 Å². The van der Waals surface area contributed by atoms with Crippen molar-refractivity contribution in [3.8, 4) is 0 Å². The maximum Gasteiger partial charge on any atom is 0.225 e. The molecule has 1 aromatic heterocycles. The molecule has 17 heavy (non-hydrogen) atoms. The predicted molar refractivity (Wildman–Crippen MR) is 68.5 cm³/mol. The Morgan fingerprint density at radius 2 is 1.94 bits per heavy atom. The van der Waals surface area contributed by atoms with E-state index in [1.165, 1.54) is 0 Å². The summed E-state index contributed by atoms with van der Waals surface area (Å²) in [6.45, 7) is 4.11. The summed E-state index contributed by atoms with van der Waals surface area (Å²) in [5.74, 6) is 1.42. The largest absolute Gasteiger partial charge is 0.381 e. The van der Waals surface area contributed by atoms with Gasteiger partial charge in [-0.2, -0.15) is 0 Å². The Kier molecular flexibility index (Phi) is 4.18. The standard InChI is InChI=1S/C12H18ClN3O/c1-9(17-2)10-3-5-16(6-4-10)12-14-7-11(13)8-15-12/h7-10H,3-6H2,1-2H3/t9-/m1/s1. The lowest BCUT2D eigenvalue weighted by atomic mass is 9.92. The summed E-state index contributed by atoms with van der Waals surface area (Å²) >= 11 is 5.77. The third-order valence-electron chi connectivity index (χ3n) is 3.46. The SMILES string of the molecule is CO[C@H](C)C1CCN(c2ncc(Cl)cn2)CC1. The summed E-state index contributed by atoms with van der Waals surface area (Å²) in [4.78, 5) is 10.7. The normalized spacial score (nSPS) is 19.4. The fourth-order valence-electron chi connectivity index (χ4n) is 2.23. The first-order chi connectivity index (χ1) is 8.20. The van der Waals surface area contributed by atoms with Gasteiger partial charge in [-0.25, -0.2) is 9.97 Å².